The Hall–Kier alpha value is 0.488. The smallest absolute Gasteiger partial charge is 0.180 e. The van der Waals surface area contributed by atoms with Gasteiger partial charge in [0.25, 0.3) is 0 Å². The fourth-order valence-corrected chi connectivity index (χ4v) is 0.666. The molecule has 1 fully saturated rings. The molecule has 0 aromatic carbocycles. The molecule has 0 saturated carbocycles. The number of hydrogen-bond acceptors (Lipinski definition) is 5. The van der Waals surface area contributed by atoms with Crippen LogP contribution in [0.25, 0.3) is 0 Å². The van der Waals surface area contributed by atoms with Gasteiger partial charge in [0, 0.05) is 28.2 Å². The van der Waals surface area contributed by atoms with E-state index in [9.17, 15) is 0 Å². The molecular formula is C7H13O5W-. The van der Waals surface area contributed by atoms with Gasteiger partial charge in [-0.1, -0.05) is 19.8 Å². The quantitative estimate of drug-likeness (QED) is 0.212. The summed E-state index contributed by atoms with van der Waals surface area (Å²) in [7, 11) is 1.52. The van der Waals surface area contributed by atoms with Crippen LogP contribution < -0.4 is 0 Å². The molecule has 0 atom stereocenters. The van der Waals surface area contributed by atoms with Crippen molar-refractivity contribution in [3.8, 4) is 0 Å². The second-order valence-electron chi connectivity index (χ2n) is 2.35. The second kappa shape index (κ2) is 9.06. The topological polar surface area (TPSA) is 46.2 Å². The van der Waals surface area contributed by atoms with Crippen LogP contribution in [0.15, 0.2) is 0 Å². The van der Waals surface area contributed by atoms with E-state index in [0.717, 1.165) is 0 Å². The van der Waals surface area contributed by atoms with Gasteiger partial charge < -0.3 is 14.2 Å². The van der Waals surface area contributed by atoms with Crippen LogP contribution in [0.4, 0.5) is 0 Å². The van der Waals surface area contributed by atoms with Gasteiger partial charge in [0.1, 0.15) is 0 Å². The Kier molecular flexibility index (Phi) is 9.40. The number of hydrogen-bond donors (Lipinski definition) is 0. The van der Waals surface area contributed by atoms with Crippen molar-refractivity contribution in [2.24, 2.45) is 0 Å². The minimum Gasteiger partial charge on any atom is -0.444 e. The summed E-state index contributed by atoms with van der Waals surface area (Å²) < 4.78 is 14.6. The standard InChI is InChI=1S/C7H13O5.W/c1-8-5-11-12-6-10-4-7-2-9-3-7;/h2-6H2,1H3;/q-1;. The average Bonchev–Trinajstić information content (AvgIpc) is 2.00. The molecule has 0 amide bonds. The van der Waals surface area contributed by atoms with Crippen LogP contribution in [0, 0.1) is 5.92 Å². The van der Waals surface area contributed by atoms with E-state index in [-0.39, 0.29) is 34.7 Å². The van der Waals surface area contributed by atoms with Crippen LogP contribution in [0.1, 0.15) is 0 Å². The van der Waals surface area contributed by atoms with Crippen molar-refractivity contribution in [1.82, 2.24) is 0 Å². The predicted octanol–water partition coefficient (Wildman–Crippen LogP) is 0.115. The van der Waals surface area contributed by atoms with E-state index in [1.807, 2.05) is 0 Å². The van der Waals surface area contributed by atoms with Gasteiger partial charge in [-0.3, -0.25) is 0 Å². The molecule has 6 heteroatoms. The van der Waals surface area contributed by atoms with Crippen molar-refractivity contribution in [2.75, 3.05) is 40.5 Å². The van der Waals surface area contributed by atoms with Crippen LogP contribution in [0.3, 0.4) is 0 Å². The third kappa shape index (κ3) is 6.54. The van der Waals surface area contributed by atoms with Gasteiger partial charge in [-0.05, 0) is 0 Å². The molecule has 0 bridgehead atoms. The zero-order valence-electron chi connectivity index (χ0n) is 7.49. The van der Waals surface area contributed by atoms with Crippen molar-refractivity contribution >= 4 is 0 Å². The first-order valence-corrected chi connectivity index (χ1v) is 3.66. The van der Waals surface area contributed by atoms with Crippen LogP contribution in [-0.2, 0) is 45.1 Å². The largest absolute Gasteiger partial charge is 0.444 e. The van der Waals surface area contributed by atoms with E-state index < -0.39 is 0 Å². The maximum Gasteiger partial charge on any atom is 0.180 e. The van der Waals surface area contributed by atoms with E-state index >= 15 is 0 Å². The minimum atomic E-state index is 0. The molecule has 0 aliphatic carbocycles. The van der Waals surface area contributed by atoms with Crippen molar-refractivity contribution in [3.05, 3.63) is 5.92 Å². The first-order chi connectivity index (χ1) is 5.93. The summed E-state index contributed by atoms with van der Waals surface area (Å²) in [4.78, 5) is 9.12. The van der Waals surface area contributed by atoms with Crippen molar-refractivity contribution in [1.29, 1.82) is 0 Å². The maximum absolute atomic E-state index is 5.06. The monoisotopic (exact) mass is 361 g/mol. The third-order valence-electron chi connectivity index (χ3n) is 1.30. The first kappa shape index (κ1) is 13.5. The summed E-state index contributed by atoms with van der Waals surface area (Å²) in [5, 5.41) is 0. The molecule has 1 saturated heterocycles. The molecule has 0 aromatic heterocycles. The molecule has 1 aliphatic heterocycles. The van der Waals surface area contributed by atoms with Crippen LogP contribution in [0.2, 0.25) is 0 Å². The van der Waals surface area contributed by atoms with Gasteiger partial charge in [-0.2, -0.15) is 0 Å². The summed E-state index contributed by atoms with van der Waals surface area (Å²) >= 11 is 0. The predicted molar refractivity (Wildman–Crippen MR) is 38.9 cm³/mol. The Morgan fingerprint density at radius 3 is 2.46 bits per heavy atom. The van der Waals surface area contributed by atoms with Crippen LogP contribution in [0.5, 0.6) is 0 Å². The van der Waals surface area contributed by atoms with Crippen molar-refractivity contribution in [3.63, 3.8) is 0 Å². The Morgan fingerprint density at radius 1 is 1.23 bits per heavy atom. The van der Waals surface area contributed by atoms with E-state index in [0.29, 0.717) is 19.8 Å². The van der Waals surface area contributed by atoms with Gasteiger partial charge in [-0.15, -0.1) is 0 Å². The molecule has 5 nitrogen and oxygen atoms in total. The van der Waals surface area contributed by atoms with Gasteiger partial charge >= 0.3 is 0 Å². The molecule has 0 N–H and O–H groups in total. The Bertz CT molecular complexity index is 109. The summed E-state index contributed by atoms with van der Waals surface area (Å²) in [5.41, 5.74) is 0. The first-order valence-electron chi connectivity index (χ1n) is 3.66. The molecular weight excluding hydrogens is 348 g/mol. The summed E-state index contributed by atoms with van der Waals surface area (Å²) in [6, 6.07) is 0. The molecule has 13 heavy (non-hydrogen) atoms. The number of methoxy groups -OCH3 is 1. The Balaban J connectivity index is 0.00000144. The molecule has 1 rings (SSSR count). The minimum absolute atomic E-state index is 0. The normalized spacial score (nSPS) is 16.4. The average molecular weight is 361 g/mol. The van der Waals surface area contributed by atoms with E-state index in [2.05, 4.69) is 14.5 Å². The van der Waals surface area contributed by atoms with Crippen LogP contribution in [-0.4, -0.2) is 40.5 Å². The van der Waals surface area contributed by atoms with Gasteiger partial charge in [-0.25, -0.2) is 15.7 Å². The maximum atomic E-state index is 5.06. The zero-order chi connectivity index (χ0) is 8.65. The van der Waals surface area contributed by atoms with Gasteiger partial charge in [0.2, 0.25) is 0 Å². The van der Waals surface area contributed by atoms with Crippen molar-refractivity contribution < 1.29 is 45.1 Å². The third-order valence-corrected chi connectivity index (χ3v) is 1.30. The fourth-order valence-electron chi connectivity index (χ4n) is 0.666. The summed E-state index contributed by atoms with van der Waals surface area (Å²) in [6.07, 6.45) is 0. The molecule has 0 unspecified atom stereocenters. The van der Waals surface area contributed by atoms with E-state index in [4.69, 9.17) is 9.47 Å². The van der Waals surface area contributed by atoms with E-state index in [1.165, 1.54) is 13.0 Å². The summed E-state index contributed by atoms with van der Waals surface area (Å²) in [6.45, 7) is 2.23. The Morgan fingerprint density at radius 2 is 1.92 bits per heavy atom. The number of rotatable bonds is 7. The SMILES string of the molecule is COCOOCOC[C-]1COC1.[W]. The summed E-state index contributed by atoms with van der Waals surface area (Å²) in [5.74, 6) is 1.24. The Labute approximate surface area is 91.8 Å². The fraction of sp³-hybridized carbons (Fsp3) is 0.857. The molecule has 0 spiro atoms. The number of ether oxygens (including phenoxy) is 3. The molecule has 0 aromatic rings. The molecule has 78 valence electrons. The van der Waals surface area contributed by atoms with Gasteiger partial charge in [0.15, 0.2) is 13.6 Å². The zero-order valence-corrected chi connectivity index (χ0v) is 10.4. The second-order valence-corrected chi connectivity index (χ2v) is 2.35. The molecule has 1 heterocycles. The molecule has 0 radical (unpaired) electrons. The van der Waals surface area contributed by atoms with Crippen molar-refractivity contribution in [2.45, 2.75) is 0 Å². The van der Waals surface area contributed by atoms with Gasteiger partial charge in [0.05, 0.1) is 0 Å². The molecule has 1 aliphatic rings. The van der Waals surface area contributed by atoms with E-state index in [1.54, 1.807) is 0 Å². The van der Waals surface area contributed by atoms with Crippen LogP contribution >= 0.6 is 0 Å².